The van der Waals surface area contributed by atoms with Gasteiger partial charge in [0.05, 0.1) is 0 Å². The van der Waals surface area contributed by atoms with Crippen molar-refractivity contribution < 1.29 is 48.5 Å². The zero-order valence-electron chi connectivity index (χ0n) is 26.5. The molecule has 16 heteroatoms. The third-order valence-corrected chi connectivity index (χ3v) is 11.4. The van der Waals surface area contributed by atoms with Gasteiger partial charge >= 0.3 is 11.9 Å². The average Bonchev–Trinajstić information content (AvgIpc) is 3.46. The van der Waals surface area contributed by atoms with Gasteiger partial charge in [-0.05, 0) is 52.0 Å². The van der Waals surface area contributed by atoms with Crippen molar-refractivity contribution in [1.82, 2.24) is 20.4 Å². The fourth-order valence-electron chi connectivity index (χ4n) is 6.05. The van der Waals surface area contributed by atoms with Gasteiger partial charge in [0, 0.05) is 9.49 Å². The summed E-state index contributed by atoms with van der Waals surface area (Å²) < 4.78 is 9.48. The number of fused-ring (bicyclic) bond motifs is 2. The number of ether oxygens (including phenoxy) is 2. The maximum absolute atomic E-state index is 12.2. The van der Waals surface area contributed by atoms with Crippen molar-refractivity contribution >= 4 is 59.1 Å². The molecule has 0 aliphatic carbocycles. The molecule has 256 valence electrons. The van der Waals surface area contributed by atoms with E-state index in [9.17, 15) is 39.0 Å². The van der Waals surface area contributed by atoms with Gasteiger partial charge in [0.25, 0.3) is 11.8 Å². The fraction of sp³-hybridized carbons (Fsp3) is 0.438. The summed E-state index contributed by atoms with van der Waals surface area (Å²) in [7, 11) is 0. The number of nitrogens with zero attached hydrogens (tertiary/aromatic N) is 2. The first-order valence-electron chi connectivity index (χ1n) is 15.0. The van der Waals surface area contributed by atoms with Gasteiger partial charge in [-0.25, -0.2) is 9.59 Å². The minimum absolute atomic E-state index is 0.197. The maximum Gasteiger partial charge on any atom is 0.327 e. The number of benzene rings is 2. The summed E-state index contributed by atoms with van der Waals surface area (Å²) in [6.07, 6.45) is 0. The summed E-state index contributed by atoms with van der Waals surface area (Å²) in [5.41, 5.74) is 0. The quantitative estimate of drug-likeness (QED) is 0.261. The summed E-state index contributed by atoms with van der Waals surface area (Å²) in [5.74, 6) is -2.46. The summed E-state index contributed by atoms with van der Waals surface area (Å²) in [6.45, 7) is 6.77. The summed E-state index contributed by atoms with van der Waals surface area (Å²) in [4.78, 5) is 74.0. The van der Waals surface area contributed by atoms with E-state index in [1.807, 2.05) is 12.1 Å². The molecule has 0 spiro atoms. The van der Waals surface area contributed by atoms with E-state index in [1.165, 1.54) is 33.3 Å². The van der Waals surface area contributed by atoms with E-state index in [1.54, 1.807) is 76.2 Å². The Kier molecular flexibility index (Phi) is 9.87. The van der Waals surface area contributed by atoms with Crippen LogP contribution in [0.4, 0.5) is 0 Å². The lowest BCUT2D eigenvalue weighted by Crippen LogP contribution is -2.70. The van der Waals surface area contributed by atoms with Crippen molar-refractivity contribution in [2.75, 3.05) is 13.2 Å². The lowest BCUT2D eigenvalue weighted by Gasteiger charge is -2.43. The lowest BCUT2D eigenvalue weighted by atomic mass is 9.96. The number of hydrogen-bond donors (Lipinski definition) is 4. The number of carbonyl (C=O) groups is 6. The first kappa shape index (κ1) is 34.9. The number of rotatable bonds is 10. The van der Waals surface area contributed by atoms with Crippen LogP contribution in [0.5, 0.6) is 11.5 Å². The molecule has 2 aromatic carbocycles. The van der Waals surface area contributed by atoms with E-state index < -0.39 is 57.4 Å². The third kappa shape index (κ3) is 6.90. The van der Waals surface area contributed by atoms with Crippen LogP contribution in [0.25, 0.3) is 0 Å². The lowest BCUT2D eigenvalue weighted by molar-refractivity contribution is -0.161. The molecular weight excluding hydrogens is 665 g/mol. The minimum Gasteiger partial charge on any atom is -0.484 e. The predicted molar refractivity (Wildman–Crippen MR) is 175 cm³/mol. The minimum atomic E-state index is -1.03. The van der Waals surface area contributed by atoms with Crippen LogP contribution in [0, 0.1) is 0 Å². The van der Waals surface area contributed by atoms with Gasteiger partial charge in [0.15, 0.2) is 13.2 Å². The largest absolute Gasteiger partial charge is 0.484 e. The molecule has 0 bridgehead atoms. The van der Waals surface area contributed by atoms with E-state index in [0.717, 1.165) is 0 Å². The molecule has 2 unspecified atom stereocenters. The highest BCUT2D eigenvalue weighted by atomic mass is 32.2. The number of thioether (sulfide) groups is 2. The predicted octanol–water partition coefficient (Wildman–Crippen LogP) is 1.39. The first-order chi connectivity index (χ1) is 22.6. The molecule has 6 rings (SSSR count). The second kappa shape index (κ2) is 13.6. The van der Waals surface area contributed by atoms with Gasteiger partial charge < -0.3 is 40.1 Å². The van der Waals surface area contributed by atoms with Crippen molar-refractivity contribution in [2.45, 2.75) is 72.1 Å². The van der Waals surface area contributed by atoms with Crippen molar-refractivity contribution in [1.29, 1.82) is 0 Å². The number of amides is 4. The van der Waals surface area contributed by atoms with Crippen LogP contribution in [-0.4, -0.2) is 113 Å². The van der Waals surface area contributed by atoms with Crippen molar-refractivity contribution in [3.63, 3.8) is 0 Å². The highest BCUT2D eigenvalue weighted by Crippen LogP contribution is 2.51. The second-order valence-corrected chi connectivity index (χ2v) is 16.0. The fourth-order valence-corrected chi connectivity index (χ4v) is 9.30. The summed E-state index contributed by atoms with van der Waals surface area (Å²) >= 11 is 2.78. The van der Waals surface area contributed by atoms with Gasteiger partial charge in [-0.15, -0.1) is 23.5 Å². The number of β-lactam (4-membered cyclic amide) rings is 2. The van der Waals surface area contributed by atoms with Gasteiger partial charge in [-0.2, -0.15) is 0 Å². The van der Waals surface area contributed by atoms with Gasteiger partial charge in [-0.1, -0.05) is 36.4 Å². The average molecular weight is 701 g/mol. The third-order valence-electron chi connectivity index (χ3n) is 8.21. The van der Waals surface area contributed by atoms with Crippen molar-refractivity contribution in [3.8, 4) is 11.5 Å². The van der Waals surface area contributed by atoms with Crippen LogP contribution in [0.15, 0.2) is 60.7 Å². The Bertz CT molecular complexity index is 1470. The van der Waals surface area contributed by atoms with Gasteiger partial charge in [-0.3, -0.25) is 19.2 Å². The van der Waals surface area contributed by atoms with Crippen LogP contribution < -0.4 is 20.1 Å². The van der Waals surface area contributed by atoms with Crippen molar-refractivity contribution in [3.05, 3.63) is 60.7 Å². The Morgan fingerprint density at radius 2 is 1.00 bits per heavy atom. The highest BCUT2D eigenvalue weighted by molar-refractivity contribution is 8.02. The molecule has 4 aliphatic rings. The number of aliphatic carboxylic acids is 2. The normalized spacial score (nSPS) is 27.2. The molecule has 4 N–H and O–H groups in total. The van der Waals surface area contributed by atoms with E-state index >= 15 is 0 Å². The van der Waals surface area contributed by atoms with Gasteiger partial charge in [0.2, 0.25) is 11.8 Å². The Balaban J connectivity index is 0.000000188. The molecule has 0 aromatic heterocycles. The standard InChI is InChI=1S/2C16H18N2O5S/c2*1-16(2)12(15(21)22)18-13(20)11(14(18)24-16)17-10(19)8-23-9-6-4-3-5-7-9/h2*3-7,11-12,14H,8H2,1-2H3,(H,17,19)(H,21,22)/t2*11-,12?,14-/m11/s1. The van der Waals surface area contributed by atoms with E-state index in [4.69, 9.17) is 9.47 Å². The smallest absolute Gasteiger partial charge is 0.327 e. The number of para-hydroxylation sites is 2. The van der Waals surface area contributed by atoms with E-state index in [0.29, 0.717) is 11.5 Å². The van der Waals surface area contributed by atoms with Crippen LogP contribution in [0.2, 0.25) is 0 Å². The number of nitrogens with one attached hydrogen (secondary N) is 2. The monoisotopic (exact) mass is 700 g/mol. The summed E-state index contributed by atoms with van der Waals surface area (Å²) in [6, 6.07) is 14.6. The molecule has 48 heavy (non-hydrogen) atoms. The number of carboxylic acids is 2. The SMILES string of the molecule is CC1(C)S[C@@H]2[C@H](NC(=O)COc3ccccc3)C(=O)N2C1C(=O)O.CC1(C)S[C@@H]2[C@H](NC(=O)COc3ccccc3)C(=O)N2C1C(=O)O. The molecule has 4 amide bonds. The number of carboxylic acid groups (broad SMARTS) is 2. The maximum atomic E-state index is 12.2. The van der Waals surface area contributed by atoms with Crippen molar-refractivity contribution in [2.24, 2.45) is 0 Å². The Morgan fingerprint density at radius 3 is 1.31 bits per heavy atom. The van der Waals surface area contributed by atoms with Crippen LogP contribution in [0.1, 0.15) is 27.7 Å². The van der Waals surface area contributed by atoms with Crippen LogP contribution in [0.3, 0.4) is 0 Å². The Labute approximate surface area is 284 Å². The molecule has 2 aromatic rings. The Hall–Kier alpha value is -4.44. The molecule has 6 atom stereocenters. The summed E-state index contributed by atoms with van der Waals surface area (Å²) in [5, 5.41) is 23.3. The topological polar surface area (TPSA) is 192 Å². The molecule has 0 saturated carbocycles. The molecule has 4 fully saturated rings. The van der Waals surface area contributed by atoms with E-state index in [2.05, 4.69) is 10.6 Å². The van der Waals surface area contributed by atoms with Gasteiger partial charge in [0.1, 0.15) is 46.4 Å². The Morgan fingerprint density at radius 1 is 0.667 bits per heavy atom. The zero-order chi connectivity index (χ0) is 35.0. The van der Waals surface area contributed by atoms with Crippen LogP contribution >= 0.6 is 23.5 Å². The molecule has 14 nitrogen and oxygen atoms in total. The highest BCUT2D eigenvalue weighted by Gasteiger charge is 2.65. The molecule has 4 heterocycles. The van der Waals surface area contributed by atoms with E-state index in [-0.39, 0.29) is 35.8 Å². The molecule has 4 aliphatic heterocycles. The molecule has 0 radical (unpaired) electrons. The molecular formula is C32H36N4O10S2. The van der Waals surface area contributed by atoms with Crippen LogP contribution in [-0.2, 0) is 28.8 Å². The second-order valence-electron chi connectivity index (χ2n) is 12.5. The first-order valence-corrected chi connectivity index (χ1v) is 16.8. The zero-order valence-corrected chi connectivity index (χ0v) is 28.2. The number of hydrogen-bond acceptors (Lipinski definition) is 10. The number of carbonyl (C=O) groups excluding carboxylic acids is 4. The molecule has 4 saturated heterocycles.